The van der Waals surface area contributed by atoms with Crippen molar-refractivity contribution in [2.75, 3.05) is 0 Å². The maximum Gasteiger partial charge on any atom is 0.180 e. The van der Waals surface area contributed by atoms with Gasteiger partial charge in [0.1, 0.15) is 0 Å². The Labute approximate surface area is 121 Å². The fourth-order valence-electron chi connectivity index (χ4n) is 1.97. The molecule has 1 rings (SSSR count). The highest BCUT2D eigenvalue weighted by Gasteiger charge is 2.20. The minimum absolute atomic E-state index is 0.131. The lowest BCUT2D eigenvalue weighted by Crippen LogP contribution is -2.32. The molecule has 0 radical (unpaired) electrons. The zero-order valence-corrected chi connectivity index (χ0v) is 13.4. The molecule has 0 saturated carbocycles. The van der Waals surface area contributed by atoms with Crippen molar-refractivity contribution in [2.24, 2.45) is 5.73 Å². The number of nitrogens with two attached hydrogens (primary N) is 1. The van der Waals surface area contributed by atoms with E-state index in [4.69, 9.17) is 5.73 Å². The summed E-state index contributed by atoms with van der Waals surface area (Å²) >= 11 is 0. The largest absolute Gasteiger partial charge is 0.392 e. The Morgan fingerprint density at radius 1 is 1.10 bits per heavy atom. The van der Waals surface area contributed by atoms with E-state index in [9.17, 15) is 13.5 Å². The van der Waals surface area contributed by atoms with Crippen LogP contribution in [0.5, 0.6) is 0 Å². The SMILES string of the molecule is CC(CC(O)C(C)N)c1ccc(S(=O)(=O)C(C)C)cc1. The van der Waals surface area contributed by atoms with E-state index in [1.807, 2.05) is 19.1 Å². The smallest absolute Gasteiger partial charge is 0.180 e. The van der Waals surface area contributed by atoms with Crippen LogP contribution in [-0.4, -0.2) is 30.9 Å². The van der Waals surface area contributed by atoms with E-state index in [1.54, 1.807) is 32.9 Å². The van der Waals surface area contributed by atoms with Gasteiger partial charge in [0.25, 0.3) is 0 Å². The maximum absolute atomic E-state index is 12.0. The normalized spacial score (nSPS) is 16.9. The molecule has 0 aromatic heterocycles. The Morgan fingerprint density at radius 3 is 2.00 bits per heavy atom. The van der Waals surface area contributed by atoms with Crippen LogP contribution in [0, 0.1) is 0 Å². The fraction of sp³-hybridized carbons (Fsp3) is 0.600. The maximum atomic E-state index is 12.0. The van der Waals surface area contributed by atoms with E-state index < -0.39 is 21.2 Å². The van der Waals surface area contributed by atoms with E-state index in [0.29, 0.717) is 11.3 Å². The summed E-state index contributed by atoms with van der Waals surface area (Å²) in [6.45, 7) is 7.11. The molecule has 20 heavy (non-hydrogen) atoms. The molecule has 4 nitrogen and oxygen atoms in total. The number of hydrogen-bond acceptors (Lipinski definition) is 4. The summed E-state index contributed by atoms with van der Waals surface area (Å²) in [7, 11) is -3.23. The zero-order chi connectivity index (χ0) is 15.5. The first-order valence-electron chi connectivity index (χ1n) is 6.93. The van der Waals surface area contributed by atoms with Crippen LogP contribution >= 0.6 is 0 Å². The summed E-state index contributed by atoms with van der Waals surface area (Å²) in [5.41, 5.74) is 6.65. The lowest BCUT2D eigenvalue weighted by Gasteiger charge is -2.19. The topological polar surface area (TPSA) is 80.4 Å². The lowest BCUT2D eigenvalue weighted by atomic mass is 9.93. The molecule has 0 aliphatic rings. The van der Waals surface area contributed by atoms with Crippen molar-refractivity contribution in [3.63, 3.8) is 0 Å². The van der Waals surface area contributed by atoms with Crippen LogP contribution in [0.4, 0.5) is 0 Å². The molecule has 1 aromatic rings. The molecule has 1 aromatic carbocycles. The summed E-state index contributed by atoms with van der Waals surface area (Å²) in [4.78, 5) is 0.344. The summed E-state index contributed by atoms with van der Waals surface area (Å²) in [5, 5.41) is 9.37. The van der Waals surface area contributed by atoms with Crippen molar-refractivity contribution in [1.82, 2.24) is 0 Å². The Hall–Kier alpha value is -0.910. The first kappa shape index (κ1) is 17.1. The molecule has 3 N–H and O–H groups in total. The van der Waals surface area contributed by atoms with Gasteiger partial charge < -0.3 is 10.8 Å². The third-order valence-corrected chi connectivity index (χ3v) is 5.77. The van der Waals surface area contributed by atoms with Crippen LogP contribution in [0.25, 0.3) is 0 Å². The van der Waals surface area contributed by atoms with Crippen LogP contribution in [0.3, 0.4) is 0 Å². The molecule has 3 atom stereocenters. The Morgan fingerprint density at radius 2 is 1.60 bits per heavy atom. The van der Waals surface area contributed by atoms with Gasteiger partial charge in [0.05, 0.1) is 16.2 Å². The fourth-order valence-corrected chi connectivity index (χ4v) is 3.03. The standard InChI is InChI=1S/C15H25NO3S/c1-10(2)20(18,19)14-7-5-13(6-8-14)11(3)9-15(17)12(4)16/h5-8,10-12,15,17H,9,16H2,1-4H3. The summed E-state index contributed by atoms with van der Waals surface area (Å²) in [6.07, 6.45) is 0.0117. The zero-order valence-electron chi connectivity index (χ0n) is 12.6. The molecule has 5 heteroatoms. The molecule has 0 bridgehead atoms. The number of sulfone groups is 1. The minimum Gasteiger partial charge on any atom is -0.392 e. The van der Waals surface area contributed by atoms with Gasteiger partial charge in [-0.1, -0.05) is 19.1 Å². The first-order chi connectivity index (χ1) is 9.16. The van der Waals surface area contributed by atoms with Gasteiger partial charge in [-0.2, -0.15) is 0 Å². The second-order valence-electron chi connectivity index (χ2n) is 5.73. The van der Waals surface area contributed by atoms with Crippen LogP contribution in [-0.2, 0) is 9.84 Å². The van der Waals surface area contributed by atoms with E-state index in [1.165, 1.54) is 0 Å². The predicted octanol–water partition coefficient (Wildman–Crippen LogP) is 2.07. The van der Waals surface area contributed by atoms with Crippen LogP contribution < -0.4 is 5.73 Å². The molecule has 0 aliphatic carbocycles. The summed E-state index contributed by atoms with van der Waals surface area (Å²) < 4.78 is 24.0. The molecular weight excluding hydrogens is 274 g/mol. The molecule has 0 fully saturated rings. The molecule has 3 unspecified atom stereocenters. The second kappa shape index (κ2) is 6.70. The van der Waals surface area contributed by atoms with E-state index >= 15 is 0 Å². The van der Waals surface area contributed by atoms with Crippen molar-refractivity contribution < 1.29 is 13.5 Å². The van der Waals surface area contributed by atoms with Crippen molar-refractivity contribution in [2.45, 2.75) is 62.3 Å². The average molecular weight is 299 g/mol. The number of aliphatic hydroxyl groups is 1. The van der Waals surface area contributed by atoms with E-state index in [-0.39, 0.29) is 12.0 Å². The van der Waals surface area contributed by atoms with E-state index in [0.717, 1.165) is 5.56 Å². The van der Waals surface area contributed by atoms with Gasteiger partial charge in [-0.05, 0) is 50.8 Å². The van der Waals surface area contributed by atoms with Crippen LogP contribution in [0.1, 0.15) is 45.6 Å². The van der Waals surface area contributed by atoms with E-state index in [2.05, 4.69) is 0 Å². The molecule has 0 aliphatic heterocycles. The van der Waals surface area contributed by atoms with Crippen molar-refractivity contribution in [3.8, 4) is 0 Å². The average Bonchev–Trinajstić information content (AvgIpc) is 2.38. The van der Waals surface area contributed by atoms with Gasteiger partial charge in [-0.25, -0.2) is 8.42 Å². The highest BCUT2D eigenvalue weighted by atomic mass is 32.2. The molecule has 0 heterocycles. The number of benzene rings is 1. The predicted molar refractivity (Wildman–Crippen MR) is 81.5 cm³/mol. The molecule has 0 amide bonds. The Bertz CT molecular complexity index is 521. The number of hydrogen-bond donors (Lipinski definition) is 2. The molecule has 0 spiro atoms. The number of rotatable bonds is 6. The highest BCUT2D eigenvalue weighted by molar-refractivity contribution is 7.92. The first-order valence-corrected chi connectivity index (χ1v) is 8.48. The van der Waals surface area contributed by atoms with Gasteiger partial charge in [0.2, 0.25) is 0 Å². The van der Waals surface area contributed by atoms with Crippen molar-refractivity contribution in [1.29, 1.82) is 0 Å². The van der Waals surface area contributed by atoms with Gasteiger partial charge in [-0.15, -0.1) is 0 Å². The van der Waals surface area contributed by atoms with Crippen molar-refractivity contribution in [3.05, 3.63) is 29.8 Å². The second-order valence-corrected chi connectivity index (χ2v) is 8.23. The summed E-state index contributed by atoms with van der Waals surface area (Å²) in [5.74, 6) is 0.131. The molecule has 114 valence electrons. The van der Waals surface area contributed by atoms with Gasteiger partial charge in [0.15, 0.2) is 9.84 Å². The molecule has 0 saturated heterocycles. The minimum atomic E-state index is -3.23. The van der Waals surface area contributed by atoms with Crippen LogP contribution in [0.2, 0.25) is 0 Å². The van der Waals surface area contributed by atoms with Crippen molar-refractivity contribution >= 4 is 9.84 Å². The Kier molecular flexibility index (Phi) is 5.74. The third-order valence-electron chi connectivity index (χ3n) is 3.60. The van der Waals surface area contributed by atoms with Crippen LogP contribution in [0.15, 0.2) is 29.2 Å². The lowest BCUT2D eigenvalue weighted by molar-refractivity contribution is 0.134. The Balaban J connectivity index is 2.87. The molecular formula is C15H25NO3S. The van der Waals surface area contributed by atoms with Gasteiger partial charge in [-0.3, -0.25) is 0 Å². The highest BCUT2D eigenvalue weighted by Crippen LogP contribution is 2.24. The third kappa shape index (κ3) is 4.04. The summed E-state index contributed by atoms with van der Waals surface area (Å²) in [6, 6.07) is 6.64. The quantitative estimate of drug-likeness (QED) is 0.842. The monoisotopic (exact) mass is 299 g/mol. The van der Waals surface area contributed by atoms with Gasteiger partial charge in [0, 0.05) is 6.04 Å². The number of aliphatic hydroxyl groups excluding tert-OH is 1. The van der Waals surface area contributed by atoms with Gasteiger partial charge >= 0.3 is 0 Å².